The van der Waals surface area contributed by atoms with Crippen LogP contribution in [-0.4, -0.2) is 34.7 Å². The molecule has 1 saturated heterocycles. The van der Waals surface area contributed by atoms with Gasteiger partial charge in [0.25, 0.3) is 11.2 Å². The number of hydrogen-bond acceptors (Lipinski definition) is 8. The number of halogens is 1. The fourth-order valence-corrected chi connectivity index (χ4v) is 6.15. The second-order valence-electron chi connectivity index (χ2n) is 9.79. The fourth-order valence-electron chi connectivity index (χ4n) is 4.97. The molecule has 202 valence electrons. The van der Waals surface area contributed by atoms with Crippen LogP contribution in [0.5, 0.6) is 0 Å². The van der Waals surface area contributed by atoms with E-state index in [4.69, 9.17) is 16.3 Å². The lowest BCUT2D eigenvalue weighted by Gasteiger charge is -2.25. The minimum absolute atomic E-state index is 0.00651. The third-order valence-corrected chi connectivity index (χ3v) is 7.95. The van der Waals surface area contributed by atoms with Gasteiger partial charge in [0.05, 0.1) is 32.9 Å². The highest BCUT2D eigenvalue weighted by Crippen LogP contribution is 2.33. The molecule has 0 aliphatic carbocycles. The van der Waals surface area contributed by atoms with Crippen LogP contribution < -0.4 is 19.8 Å². The molecule has 0 amide bonds. The van der Waals surface area contributed by atoms with Gasteiger partial charge >= 0.3 is 5.97 Å². The molecular formula is C28H27ClN4O5S. The number of carbonyl (C=O) groups is 1. The highest BCUT2D eigenvalue weighted by Gasteiger charge is 2.34. The van der Waals surface area contributed by atoms with Gasteiger partial charge in [0.15, 0.2) is 4.80 Å². The first-order valence-corrected chi connectivity index (χ1v) is 13.9. The highest BCUT2D eigenvalue weighted by molar-refractivity contribution is 7.07. The molecule has 1 fully saturated rings. The van der Waals surface area contributed by atoms with Gasteiger partial charge in [0.2, 0.25) is 0 Å². The summed E-state index contributed by atoms with van der Waals surface area (Å²) in [6.07, 6.45) is 3.28. The average molecular weight is 567 g/mol. The van der Waals surface area contributed by atoms with Crippen molar-refractivity contribution in [3.05, 3.63) is 99.7 Å². The Morgan fingerprint density at radius 3 is 2.54 bits per heavy atom. The van der Waals surface area contributed by atoms with Crippen molar-refractivity contribution in [1.82, 2.24) is 4.57 Å². The molecule has 2 aliphatic rings. The molecule has 0 N–H and O–H groups in total. The third kappa shape index (κ3) is 5.26. The molecule has 1 aromatic heterocycles. The van der Waals surface area contributed by atoms with Crippen LogP contribution in [-0.2, 0) is 9.53 Å². The Kier molecular flexibility index (Phi) is 7.42. The molecule has 11 heteroatoms. The molecule has 1 unspecified atom stereocenters. The molecule has 0 spiro atoms. The minimum atomic E-state index is -0.765. The molecule has 3 heterocycles. The van der Waals surface area contributed by atoms with Gasteiger partial charge in [-0.05, 0) is 69.0 Å². The zero-order valence-electron chi connectivity index (χ0n) is 21.7. The summed E-state index contributed by atoms with van der Waals surface area (Å²) in [6, 6.07) is 11.2. The van der Waals surface area contributed by atoms with Crippen molar-refractivity contribution in [3.63, 3.8) is 0 Å². The molecular weight excluding hydrogens is 540 g/mol. The Bertz CT molecular complexity index is 1670. The van der Waals surface area contributed by atoms with Crippen LogP contribution >= 0.6 is 22.9 Å². The summed E-state index contributed by atoms with van der Waals surface area (Å²) < 4.78 is 7.34. The number of allylic oxidation sites excluding steroid dienone is 1. The van der Waals surface area contributed by atoms with Gasteiger partial charge in [-0.25, -0.2) is 9.79 Å². The van der Waals surface area contributed by atoms with Crippen LogP contribution in [0.3, 0.4) is 0 Å². The average Bonchev–Trinajstić information content (AvgIpc) is 3.52. The van der Waals surface area contributed by atoms with Gasteiger partial charge in [0, 0.05) is 24.2 Å². The molecule has 5 rings (SSSR count). The first-order chi connectivity index (χ1) is 18.6. The highest BCUT2D eigenvalue weighted by atomic mass is 35.5. The molecule has 9 nitrogen and oxygen atoms in total. The van der Waals surface area contributed by atoms with Crippen molar-refractivity contribution in [2.75, 3.05) is 18.0 Å². The lowest BCUT2D eigenvalue weighted by Crippen LogP contribution is -2.40. The predicted molar refractivity (Wildman–Crippen MR) is 151 cm³/mol. The van der Waals surface area contributed by atoms with Crippen LogP contribution in [0.2, 0.25) is 5.02 Å². The van der Waals surface area contributed by atoms with Crippen molar-refractivity contribution in [1.29, 1.82) is 0 Å². The number of nitro benzene ring substituents is 1. The van der Waals surface area contributed by atoms with Crippen molar-refractivity contribution in [2.45, 2.75) is 45.8 Å². The number of fused-ring (bicyclic) bond motifs is 1. The van der Waals surface area contributed by atoms with Crippen molar-refractivity contribution >= 4 is 46.4 Å². The standard InChI is InChI=1S/C28H27ClN4O5S/c1-16(2)38-27(35)24-17(3)30-28-32(25(24)19-7-9-20(29)10-8-19)26(34)23(39-28)15-18-6-11-21(22(14-18)33(36)37)31-12-4-5-13-31/h6-11,14-16,25H,4-5,12-13H2,1-3H3. The Morgan fingerprint density at radius 2 is 1.90 bits per heavy atom. The Morgan fingerprint density at radius 1 is 1.21 bits per heavy atom. The van der Waals surface area contributed by atoms with Gasteiger partial charge in [0.1, 0.15) is 5.69 Å². The van der Waals surface area contributed by atoms with Crippen molar-refractivity contribution in [3.8, 4) is 0 Å². The molecule has 0 bridgehead atoms. The summed E-state index contributed by atoms with van der Waals surface area (Å²) in [5.41, 5.74) is 2.19. The van der Waals surface area contributed by atoms with Crippen molar-refractivity contribution < 1.29 is 14.5 Å². The van der Waals surface area contributed by atoms with Crippen LogP contribution in [0.25, 0.3) is 6.08 Å². The number of ether oxygens (including phenoxy) is 1. The van der Waals surface area contributed by atoms with E-state index >= 15 is 0 Å². The molecule has 0 saturated carbocycles. The Hall–Kier alpha value is -3.76. The first-order valence-electron chi connectivity index (χ1n) is 12.7. The number of nitro groups is 1. The van der Waals surface area contributed by atoms with Crippen molar-refractivity contribution in [2.24, 2.45) is 4.99 Å². The predicted octanol–water partition coefficient (Wildman–Crippen LogP) is 4.35. The number of anilines is 1. The summed E-state index contributed by atoms with van der Waals surface area (Å²) in [7, 11) is 0. The Balaban J connectivity index is 1.65. The molecule has 0 radical (unpaired) electrons. The SMILES string of the molecule is CC1=C(C(=O)OC(C)C)C(c2ccc(Cl)cc2)n2c(sc(=Cc3ccc(N4CCCC4)c([N+](=O)[O-])c3)c2=O)=N1. The number of rotatable bonds is 6. The van der Waals surface area contributed by atoms with E-state index in [0.29, 0.717) is 36.9 Å². The number of esters is 1. The van der Waals surface area contributed by atoms with Gasteiger partial charge in [-0.3, -0.25) is 19.5 Å². The van der Waals surface area contributed by atoms with Gasteiger partial charge in [-0.2, -0.15) is 0 Å². The van der Waals surface area contributed by atoms with Gasteiger partial charge in [-0.15, -0.1) is 0 Å². The first kappa shape index (κ1) is 26.8. The lowest BCUT2D eigenvalue weighted by molar-refractivity contribution is -0.384. The number of hydrogen-bond donors (Lipinski definition) is 0. The summed E-state index contributed by atoms with van der Waals surface area (Å²) in [5, 5.41) is 12.4. The maximum Gasteiger partial charge on any atom is 0.338 e. The third-order valence-electron chi connectivity index (χ3n) is 6.71. The van der Waals surface area contributed by atoms with E-state index in [-0.39, 0.29) is 27.8 Å². The zero-order chi connectivity index (χ0) is 27.8. The van der Waals surface area contributed by atoms with E-state index in [9.17, 15) is 19.7 Å². The largest absolute Gasteiger partial charge is 0.459 e. The van der Waals surface area contributed by atoms with Crippen LogP contribution in [0, 0.1) is 10.1 Å². The molecule has 39 heavy (non-hydrogen) atoms. The van der Waals surface area contributed by atoms with Crippen LogP contribution in [0.4, 0.5) is 11.4 Å². The van der Waals surface area contributed by atoms with Gasteiger partial charge < -0.3 is 9.64 Å². The van der Waals surface area contributed by atoms with E-state index in [0.717, 1.165) is 25.9 Å². The normalized spacial score (nSPS) is 17.4. The summed E-state index contributed by atoms with van der Waals surface area (Å²) >= 11 is 7.29. The second kappa shape index (κ2) is 10.8. The Labute approximate surface area is 233 Å². The van der Waals surface area contributed by atoms with Crippen LogP contribution in [0.15, 0.2) is 63.5 Å². The zero-order valence-corrected chi connectivity index (χ0v) is 23.3. The summed E-state index contributed by atoms with van der Waals surface area (Å²) in [6.45, 7) is 6.80. The summed E-state index contributed by atoms with van der Waals surface area (Å²) in [5.74, 6) is -0.548. The van der Waals surface area contributed by atoms with E-state index in [1.54, 1.807) is 63.2 Å². The molecule has 2 aliphatic heterocycles. The van der Waals surface area contributed by atoms with Crippen LogP contribution in [0.1, 0.15) is 50.8 Å². The molecule has 3 aromatic rings. The quantitative estimate of drug-likeness (QED) is 0.249. The second-order valence-corrected chi connectivity index (χ2v) is 11.2. The fraction of sp³-hybridized carbons (Fsp3) is 0.321. The van der Waals surface area contributed by atoms with E-state index in [1.165, 1.54) is 22.0 Å². The van der Waals surface area contributed by atoms with E-state index < -0.39 is 12.0 Å². The maximum absolute atomic E-state index is 13.8. The monoisotopic (exact) mass is 566 g/mol. The topological polar surface area (TPSA) is 107 Å². The number of benzene rings is 2. The van der Waals surface area contributed by atoms with E-state index in [2.05, 4.69) is 4.99 Å². The smallest absolute Gasteiger partial charge is 0.338 e. The maximum atomic E-state index is 13.8. The number of carbonyl (C=O) groups excluding carboxylic acids is 1. The summed E-state index contributed by atoms with van der Waals surface area (Å²) in [4.78, 5) is 45.5. The molecule has 2 aromatic carbocycles. The number of thiazole rings is 1. The van der Waals surface area contributed by atoms with E-state index in [1.807, 2.05) is 4.90 Å². The molecule has 1 atom stereocenters. The van der Waals surface area contributed by atoms with Gasteiger partial charge in [-0.1, -0.05) is 41.1 Å². The minimum Gasteiger partial charge on any atom is -0.459 e. The lowest BCUT2D eigenvalue weighted by atomic mass is 9.96. The number of aromatic nitrogens is 1. The number of nitrogens with zero attached hydrogens (tertiary/aromatic N) is 4.